The van der Waals surface area contributed by atoms with E-state index in [4.69, 9.17) is 9.97 Å². The number of aryl methyl sites for hydroxylation is 1. The third-order valence-corrected chi connectivity index (χ3v) is 11.6. The first kappa shape index (κ1) is 34.3. The molecule has 0 spiro atoms. The lowest BCUT2D eigenvalue weighted by atomic mass is 9.88. The minimum Gasteiger partial charge on any atom is -0.247 e. The number of rotatable bonds is 16. The maximum atomic E-state index is 5.15. The molecule has 0 fully saturated rings. The van der Waals surface area contributed by atoms with Gasteiger partial charge >= 0.3 is 0 Å². The second-order valence-electron chi connectivity index (χ2n) is 15.2. The molecule has 0 aliphatic rings. The summed E-state index contributed by atoms with van der Waals surface area (Å²) in [4.78, 5) is 10.3. The average molecular weight is 681 g/mol. The summed E-state index contributed by atoms with van der Waals surface area (Å²) in [5.41, 5.74) is 7.52. The minimum atomic E-state index is 0.514. The number of benzene rings is 6. The zero-order valence-corrected chi connectivity index (χ0v) is 30.9. The molecule has 262 valence electrons. The van der Waals surface area contributed by atoms with E-state index in [1.807, 2.05) is 0 Å². The van der Waals surface area contributed by atoms with Crippen molar-refractivity contribution in [1.29, 1.82) is 0 Å². The summed E-state index contributed by atoms with van der Waals surface area (Å²) in [5.74, 6) is 0.514. The molecule has 0 aliphatic carbocycles. The van der Waals surface area contributed by atoms with E-state index in [0.29, 0.717) is 5.92 Å². The Hall–Kier alpha value is -4.82. The third-order valence-electron chi connectivity index (χ3n) is 11.6. The Balaban J connectivity index is 0.747. The highest BCUT2D eigenvalue weighted by molar-refractivity contribution is 6.11. The summed E-state index contributed by atoms with van der Waals surface area (Å²) in [7, 11) is 0. The Kier molecular flexibility index (Phi) is 10.7. The molecule has 2 heterocycles. The number of hydrogen-bond donors (Lipinski definition) is 0. The maximum Gasteiger partial charge on any atom is 0.0790 e. The molecular formula is C50H52N2. The smallest absolute Gasteiger partial charge is 0.0790 e. The van der Waals surface area contributed by atoms with Crippen molar-refractivity contribution in [3.05, 3.63) is 132 Å². The van der Waals surface area contributed by atoms with Crippen LogP contribution in [0.3, 0.4) is 0 Å². The molecule has 6 aromatic carbocycles. The molecule has 2 aromatic heterocycles. The monoisotopic (exact) mass is 680 g/mol. The van der Waals surface area contributed by atoms with Crippen molar-refractivity contribution in [1.82, 2.24) is 9.97 Å². The van der Waals surface area contributed by atoms with Crippen LogP contribution in [0.15, 0.2) is 121 Å². The van der Waals surface area contributed by atoms with Gasteiger partial charge in [-0.25, -0.2) is 9.97 Å². The van der Waals surface area contributed by atoms with Crippen molar-refractivity contribution in [2.45, 2.75) is 103 Å². The lowest BCUT2D eigenvalue weighted by Gasteiger charge is -2.18. The van der Waals surface area contributed by atoms with Crippen LogP contribution in [0, 0.1) is 0 Å². The van der Waals surface area contributed by atoms with Gasteiger partial charge in [0.05, 0.1) is 22.1 Å². The Morgan fingerprint density at radius 3 is 1.44 bits per heavy atom. The minimum absolute atomic E-state index is 0.514. The first-order valence-corrected chi connectivity index (χ1v) is 20.2. The average Bonchev–Trinajstić information content (AvgIpc) is 3.19. The van der Waals surface area contributed by atoms with Crippen LogP contribution >= 0.6 is 0 Å². The third kappa shape index (κ3) is 7.26. The van der Waals surface area contributed by atoms with Gasteiger partial charge in [-0.2, -0.15) is 0 Å². The lowest BCUT2D eigenvalue weighted by molar-refractivity contribution is 0.528. The molecule has 0 aliphatic heterocycles. The van der Waals surface area contributed by atoms with Gasteiger partial charge in [0, 0.05) is 32.3 Å². The summed E-state index contributed by atoms with van der Waals surface area (Å²) in [6.07, 6.45) is 18.6. The Morgan fingerprint density at radius 1 is 0.385 bits per heavy atom. The highest BCUT2D eigenvalue weighted by atomic mass is 14.7. The standard InChI is InChI=1S/C50H52N2/c1-36(48-44-29-19-21-31-47(44)52-50-40-26-17-15-24-38(40)33-35-45(48)50)22-12-10-8-6-4-2-3-5-7-9-11-13-27-41-42-28-18-20-30-46(42)51-49-39-25-16-14-23-37(39)32-34-43(41)49/h14-21,23-26,28-36H,2-13,22,27H2,1H3. The lowest BCUT2D eigenvalue weighted by Crippen LogP contribution is -1.99. The van der Waals surface area contributed by atoms with Gasteiger partial charge in [-0.05, 0) is 59.2 Å². The van der Waals surface area contributed by atoms with Crippen molar-refractivity contribution in [3.8, 4) is 0 Å². The first-order valence-electron chi connectivity index (χ1n) is 20.2. The molecule has 8 aromatic rings. The largest absolute Gasteiger partial charge is 0.247 e. The molecule has 1 atom stereocenters. The second-order valence-corrected chi connectivity index (χ2v) is 15.2. The quantitative estimate of drug-likeness (QED) is 0.0577. The van der Waals surface area contributed by atoms with Crippen LogP contribution in [0.4, 0.5) is 0 Å². The Morgan fingerprint density at radius 2 is 0.827 bits per heavy atom. The van der Waals surface area contributed by atoms with E-state index in [1.165, 1.54) is 138 Å². The molecule has 0 amide bonds. The summed E-state index contributed by atoms with van der Waals surface area (Å²) < 4.78 is 0. The van der Waals surface area contributed by atoms with Gasteiger partial charge in [0.25, 0.3) is 0 Å². The second kappa shape index (κ2) is 16.2. The van der Waals surface area contributed by atoms with E-state index in [0.717, 1.165) is 28.5 Å². The fourth-order valence-electron chi connectivity index (χ4n) is 8.83. The molecule has 0 bridgehead atoms. The van der Waals surface area contributed by atoms with Gasteiger partial charge in [-0.15, -0.1) is 0 Å². The zero-order chi connectivity index (χ0) is 35.1. The highest BCUT2D eigenvalue weighted by Gasteiger charge is 2.17. The maximum absolute atomic E-state index is 5.15. The van der Waals surface area contributed by atoms with Crippen molar-refractivity contribution >= 4 is 65.2 Å². The van der Waals surface area contributed by atoms with Gasteiger partial charge in [-0.3, -0.25) is 0 Å². The summed E-state index contributed by atoms with van der Waals surface area (Å²) in [6, 6.07) is 44.0. The van der Waals surface area contributed by atoms with E-state index in [-0.39, 0.29) is 0 Å². The summed E-state index contributed by atoms with van der Waals surface area (Å²) >= 11 is 0. The van der Waals surface area contributed by atoms with Crippen LogP contribution in [0.1, 0.15) is 107 Å². The van der Waals surface area contributed by atoms with Crippen molar-refractivity contribution < 1.29 is 0 Å². The van der Waals surface area contributed by atoms with Gasteiger partial charge in [0.15, 0.2) is 0 Å². The predicted octanol–water partition coefficient (Wildman–Crippen LogP) is 14.8. The number of hydrogen-bond acceptors (Lipinski definition) is 2. The van der Waals surface area contributed by atoms with Crippen LogP contribution in [0.2, 0.25) is 0 Å². The number of pyridine rings is 2. The van der Waals surface area contributed by atoms with E-state index < -0.39 is 0 Å². The SMILES string of the molecule is CC(CCCCCCCCCCCCCCc1c2ccccc2nc2c1ccc1ccccc12)c1c2ccccc2nc2c1ccc1ccccc12. The van der Waals surface area contributed by atoms with Crippen LogP contribution in [0.5, 0.6) is 0 Å². The van der Waals surface area contributed by atoms with Crippen molar-refractivity contribution in [2.24, 2.45) is 0 Å². The molecule has 0 radical (unpaired) electrons. The molecular weight excluding hydrogens is 629 g/mol. The summed E-state index contributed by atoms with van der Waals surface area (Å²) in [6.45, 7) is 2.43. The van der Waals surface area contributed by atoms with Gasteiger partial charge in [0.1, 0.15) is 0 Å². The van der Waals surface area contributed by atoms with Crippen LogP contribution in [-0.4, -0.2) is 9.97 Å². The molecule has 1 unspecified atom stereocenters. The Bertz CT molecular complexity index is 2460. The van der Waals surface area contributed by atoms with Crippen LogP contribution in [-0.2, 0) is 6.42 Å². The van der Waals surface area contributed by atoms with Crippen LogP contribution < -0.4 is 0 Å². The van der Waals surface area contributed by atoms with E-state index in [2.05, 4.69) is 128 Å². The Labute approximate surface area is 309 Å². The number of aromatic nitrogens is 2. The number of fused-ring (bicyclic) bond motifs is 8. The molecule has 0 saturated carbocycles. The molecule has 0 saturated heterocycles. The predicted molar refractivity (Wildman–Crippen MR) is 226 cm³/mol. The number of nitrogens with zero attached hydrogens (tertiary/aromatic N) is 2. The van der Waals surface area contributed by atoms with Gasteiger partial charge in [0.2, 0.25) is 0 Å². The topological polar surface area (TPSA) is 25.8 Å². The van der Waals surface area contributed by atoms with Crippen molar-refractivity contribution in [2.75, 3.05) is 0 Å². The normalized spacial score (nSPS) is 12.6. The molecule has 2 heteroatoms. The molecule has 2 nitrogen and oxygen atoms in total. The molecule has 8 rings (SSSR count). The molecule has 0 N–H and O–H groups in total. The van der Waals surface area contributed by atoms with Gasteiger partial charge in [-0.1, -0.05) is 187 Å². The summed E-state index contributed by atoms with van der Waals surface area (Å²) in [5, 5.41) is 10.4. The first-order chi connectivity index (χ1) is 25.8. The van der Waals surface area contributed by atoms with Gasteiger partial charge < -0.3 is 0 Å². The fraction of sp³-hybridized carbons (Fsp3) is 0.320. The molecule has 52 heavy (non-hydrogen) atoms. The van der Waals surface area contributed by atoms with E-state index in [1.54, 1.807) is 0 Å². The van der Waals surface area contributed by atoms with E-state index >= 15 is 0 Å². The number of para-hydroxylation sites is 2. The van der Waals surface area contributed by atoms with Crippen LogP contribution in [0.25, 0.3) is 65.2 Å². The zero-order valence-electron chi connectivity index (χ0n) is 30.9. The number of unbranched alkanes of at least 4 members (excludes halogenated alkanes) is 11. The van der Waals surface area contributed by atoms with Crippen molar-refractivity contribution in [3.63, 3.8) is 0 Å². The van der Waals surface area contributed by atoms with E-state index in [9.17, 15) is 0 Å². The highest BCUT2D eigenvalue weighted by Crippen LogP contribution is 2.37. The fourth-order valence-corrected chi connectivity index (χ4v) is 8.83.